The lowest BCUT2D eigenvalue weighted by atomic mass is 10.4. The van der Waals surface area contributed by atoms with Gasteiger partial charge in [-0.3, -0.25) is 0 Å². The van der Waals surface area contributed by atoms with Gasteiger partial charge in [-0.05, 0) is 12.1 Å². The monoisotopic (exact) mass is 154 g/mol. The van der Waals surface area contributed by atoms with Gasteiger partial charge in [0, 0.05) is 0 Å². The number of nitrogen functional groups attached to an aromatic ring is 1. The quantitative estimate of drug-likeness (QED) is 0.582. The van der Waals surface area contributed by atoms with Gasteiger partial charge in [-0.25, -0.2) is 9.78 Å². The maximum atomic E-state index is 9.97. The first-order valence-electron chi connectivity index (χ1n) is 2.81. The van der Waals surface area contributed by atoms with Crippen molar-refractivity contribution in [2.24, 2.45) is 0 Å². The number of pyridine rings is 1. The normalized spacial score (nSPS) is 9.09. The van der Waals surface area contributed by atoms with E-state index in [1.807, 2.05) is 0 Å². The van der Waals surface area contributed by atoms with E-state index in [1.54, 1.807) is 0 Å². The topological polar surface area (TPSA) is 85.4 Å². The zero-order valence-corrected chi connectivity index (χ0v) is 5.52. The van der Waals surface area contributed by atoms with Gasteiger partial charge in [0.2, 0.25) is 0 Å². The summed E-state index contributed by atoms with van der Waals surface area (Å²) < 4.78 is 4.27. The number of hydrogen-bond acceptors (Lipinski definition) is 4. The molecule has 0 saturated carbocycles. The molecule has 0 amide bonds. The summed E-state index contributed by atoms with van der Waals surface area (Å²) in [4.78, 5) is 13.6. The molecule has 0 spiro atoms. The summed E-state index contributed by atoms with van der Waals surface area (Å²) in [6.07, 6.45) is -0.125. The van der Waals surface area contributed by atoms with Crippen LogP contribution in [0.5, 0.6) is 5.75 Å². The van der Waals surface area contributed by atoms with E-state index in [9.17, 15) is 4.79 Å². The predicted molar refractivity (Wildman–Crippen MR) is 37.3 cm³/mol. The summed E-state index contributed by atoms with van der Waals surface area (Å²) in [7, 11) is 0. The van der Waals surface area contributed by atoms with E-state index in [0.717, 1.165) is 0 Å². The molecule has 11 heavy (non-hydrogen) atoms. The number of nitrogens with two attached hydrogens (primary N) is 1. The van der Waals surface area contributed by atoms with Crippen molar-refractivity contribution in [3.05, 3.63) is 18.3 Å². The maximum absolute atomic E-state index is 9.97. The standard InChI is InChI=1S/C6H6N2O3/c7-5-2-1-4(3-8-5)11-6(9)10/h1-3H,(H2,7,8)(H,9,10). The Morgan fingerprint density at radius 2 is 2.36 bits per heavy atom. The molecule has 58 valence electrons. The molecule has 0 bridgehead atoms. The molecule has 0 atom stereocenters. The summed E-state index contributed by atoms with van der Waals surface area (Å²) in [5, 5.41) is 8.15. The number of anilines is 1. The molecule has 0 unspecified atom stereocenters. The van der Waals surface area contributed by atoms with Crippen LogP contribution in [0, 0.1) is 0 Å². The lowest BCUT2D eigenvalue weighted by Gasteiger charge is -1.97. The molecule has 1 aromatic heterocycles. The molecule has 0 fully saturated rings. The fraction of sp³-hybridized carbons (Fsp3) is 0. The first-order valence-corrected chi connectivity index (χ1v) is 2.81. The number of hydrogen-bond donors (Lipinski definition) is 2. The number of ether oxygens (including phenoxy) is 1. The molecular weight excluding hydrogens is 148 g/mol. The van der Waals surface area contributed by atoms with E-state index in [-0.39, 0.29) is 5.75 Å². The molecule has 1 heterocycles. The number of rotatable bonds is 1. The van der Waals surface area contributed by atoms with Crippen LogP contribution in [0.25, 0.3) is 0 Å². The average molecular weight is 154 g/mol. The number of carboxylic acid groups (broad SMARTS) is 1. The predicted octanol–water partition coefficient (Wildman–Crippen LogP) is 0.721. The highest BCUT2D eigenvalue weighted by atomic mass is 16.7. The molecule has 0 aliphatic rings. The molecular formula is C6H6N2O3. The van der Waals surface area contributed by atoms with Crippen molar-refractivity contribution in [1.82, 2.24) is 4.98 Å². The molecule has 5 nitrogen and oxygen atoms in total. The van der Waals surface area contributed by atoms with E-state index >= 15 is 0 Å². The summed E-state index contributed by atoms with van der Waals surface area (Å²) in [6, 6.07) is 2.88. The maximum Gasteiger partial charge on any atom is 0.511 e. The largest absolute Gasteiger partial charge is 0.511 e. The highest BCUT2D eigenvalue weighted by molar-refractivity contribution is 5.61. The van der Waals surface area contributed by atoms with Crippen molar-refractivity contribution in [3.63, 3.8) is 0 Å². The van der Waals surface area contributed by atoms with Crippen LogP contribution in [0.1, 0.15) is 0 Å². The molecule has 0 aromatic carbocycles. The van der Waals surface area contributed by atoms with Gasteiger partial charge in [-0.2, -0.15) is 0 Å². The van der Waals surface area contributed by atoms with Gasteiger partial charge in [0.05, 0.1) is 6.20 Å². The van der Waals surface area contributed by atoms with Crippen molar-refractivity contribution in [2.45, 2.75) is 0 Å². The lowest BCUT2D eigenvalue weighted by molar-refractivity contribution is 0.144. The Morgan fingerprint density at radius 1 is 1.64 bits per heavy atom. The van der Waals surface area contributed by atoms with Gasteiger partial charge in [-0.1, -0.05) is 0 Å². The van der Waals surface area contributed by atoms with E-state index in [1.165, 1.54) is 18.3 Å². The molecule has 0 aliphatic carbocycles. The van der Waals surface area contributed by atoms with Gasteiger partial charge in [0.15, 0.2) is 5.75 Å². The van der Waals surface area contributed by atoms with E-state index in [4.69, 9.17) is 10.8 Å². The molecule has 0 radical (unpaired) electrons. The van der Waals surface area contributed by atoms with Crippen LogP contribution < -0.4 is 10.5 Å². The summed E-state index contributed by atoms with van der Waals surface area (Å²) >= 11 is 0. The van der Waals surface area contributed by atoms with Crippen molar-refractivity contribution in [1.29, 1.82) is 0 Å². The molecule has 1 rings (SSSR count). The minimum atomic E-state index is -1.36. The highest BCUT2D eigenvalue weighted by Crippen LogP contribution is 2.09. The second-order valence-corrected chi connectivity index (χ2v) is 1.79. The second kappa shape index (κ2) is 2.87. The van der Waals surface area contributed by atoms with Crippen molar-refractivity contribution >= 4 is 12.0 Å². The average Bonchev–Trinajstić information content (AvgIpc) is 1.93. The Bertz CT molecular complexity index is 257. The summed E-state index contributed by atoms with van der Waals surface area (Å²) in [6.45, 7) is 0. The fourth-order valence-electron chi connectivity index (χ4n) is 0.553. The first kappa shape index (κ1) is 7.33. The van der Waals surface area contributed by atoms with Crippen LogP contribution in [0.3, 0.4) is 0 Å². The second-order valence-electron chi connectivity index (χ2n) is 1.79. The Balaban J connectivity index is 2.74. The Kier molecular flexibility index (Phi) is 1.91. The van der Waals surface area contributed by atoms with E-state index in [0.29, 0.717) is 5.82 Å². The minimum absolute atomic E-state index is 0.159. The van der Waals surface area contributed by atoms with Crippen LogP contribution in [-0.2, 0) is 0 Å². The number of carbonyl (C=O) groups is 1. The fourth-order valence-corrected chi connectivity index (χ4v) is 0.553. The van der Waals surface area contributed by atoms with Gasteiger partial charge in [0.25, 0.3) is 0 Å². The van der Waals surface area contributed by atoms with Gasteiger partial charge in [0.1, 0.15) is 5.82 Å². The Labute approximate surface area is 62.4 Å². The Hall–Kier alpha value is -1.78. The summed E-state index contributed by atoms with van der Waals surface area (Å²) in [5.41, 5.74) is 5.24. The summed E-state index contributed by atoms with van der Waals surface area (Å²) in [5.74, 6) is 0.481. The first-order chi connectivity index (χ1) is 5.18. The third-order valence-corrected chi connectivity index (χ3v) is 0.964. The zero-order chi connectivity index (χ0) is 8.27. The molecule has 3 N–H and O–H groups in total. The Morgan fingerprint density at radius 3 is 2.82 bits per heavy atom. The van der Waals surface area contributed by atoms with Gasteiger partial charge >= 0.3 is 6.16 Å². The van der Waals surface area contributed by atoms with Gasteiger partial charge < -0.3 is 15.6 Å². The van der Waals surface area contributed by atoms with Crippen LogP contribution >= 0.6 is 0 Å². The van der Waals surface area contributed by atoms with Crippen LogP contribution in [0.15, 0.2) is 18.3 Å². The SMILES string of the molecule is Nc1ccc(OC(=O)O)cn1. The van der Waals surface area contributed by atoms with Crippen LogP contribution in [0.2, 0.25) is 0 Å². The molecule has 0 aliphatic heterocycles. The van der Waals surface area contributed by atoms with E-state index in [2.05, 4.69) is 9.72 Å². The van der Waals surface area contributed by atoms with Gasteiger partial charge in [-0.15, -0.1) is 0 Å². The third kappa shape index (κ3) is 2.13. The number of nitrogens with zero attached hydrogens (tertiary/aromatic N) is 1. The third-order valence-electron chi connectivity index (χ3n) is 0.964. The van der Waals surface area contributed by atoms with Crippen LogP contribution in [-0.4, -0.2) is 16.2 Å². The number of aromatic nitrogens is 1. The highest BCUT2D eigenvalue weighted by Gasteiger charge is 1.98. The van der Waals surface area contributed by atoms with Crippen molar-refractivity contribution in [3.8, 4) is 5.75 Å². The molecule has 5 heteroatoms. The molecule has 1 aromatic rings. The van der Waals surface area contributed by atoms with Crippen molar-refractivity contribution < 1.29 is 14.6 Å². The lowest BCUT2D eigenvalue weighted by Crippen LogP contribution is -2.03. The molecule has 0 saturated heterocycles. The van der Waals surface area contributed by atoms with Crippen molar-refractivity contribution in [2.75, 3.05) is 5.73 Å². The van der Waals surface area contributed by atoms with Crippen LogP contribution in [0.4, 0.5) is 10.6 Å². The minimum Gasteiger partial charge on any atom is -0.449 e. The zero-order valence-electron chi connectivity index (χ0n) is 5.52. The van der Waals surface area contributed by atoms with E-state index < -0.39 is 6.16 Å². The smallest absolute Gasteiger partial charge is 0.449 e.